The van der Waals surface area contributed by atoms with Crippen molar-refractivity contribution < 1.29 is 19.1 Å². The van der Waals surface area contributed by atoms with Gasteiger partial charge < -0.3 is 4.74 Å². The summed E-state index contributed by atoms with van der Waals surface area (Å²) in [5.41, 5.74) is 1.25. The van der Waals surface area contributed by atoms with Crippen molar-refractivity contribution in [2.75, 3.05) is 11.5 Å². The zero-order valence-corrected chi connectivity index (χ0v) is 22.8. The number of benzene rings is 3. The quantitative estimate of drug-likeness (QED) is 0.307. The number of esters is 1. The number of rotatable bonds is 4. The fraction of sp³-hybridized carbons (Fsp3) is 0.281. The fourth-order valence-corrected chi connectivity index (χ4v) is 6.94. The molecule has 7 rings (SSSR count). The van der Waals surface area contributed by atoms with Gasteiger partial charge in [-0.15, -0.1) is 0 Å². The summed E-state index contributed by atoms with van der Waals surface area (Å²) in [7, 11) is 0. The first-order valence-electron chi connectivity index (χ1n) is 13.8. The molecule has 3 aliphatic rings. The minimum Gasteiger partial charge on any atom is -0.462 e. The van der Waals surface area contributed by atoms with Crippen LogP contribution in [0.5, 0.6) is 0 Å². The van der Waals surface area contributed by atoms with Crippen molar-refractivity contribution in [3.8, 4) is 5.69 Å². The van der Waals surface area contributed by atoms with Gasteiger partial charge in [0.25, 0.3) is 5.56 Å². The monoisotopic (exact) mass is 548 g/mol. The molecule has 0 bridgehead atoms. The highest BCUT2D eigenvalue weighted by molar-refractivity contribution is 6.23. The lowest BCUT2D eigenvalue weighted by Crippen LogP contribution is -2.51. The molecule has 206 valence electrons. The minimum atomic E-state index is -1.19. The average Bonchev–Trinajstić information content (AvgIpc) is 3.57. The number of anilines is 1. The molecule has 0 aliphatic carbocycles. The van der Waals surface area contributed by atoms with Crippen LogP contribution in [0.15, 0.2) is 77.6 Å². The van der Waals surface area contributed by atoms with Gasteiger partial charge in [-0.3, -0.25) is 24.3 Å². The molecule has 1 spiro atoms. The number of ether oxygens (including phenoxy) is 1. The number of carbonyl (C=O) groups excluding carboxylic acids is 3. The lowest BCUT2D eigenvalue weighted by Gasteiger charge is -2.32. The van der Waals surface area contributed by atoms with Gasteiger partial charge >= 0.3 is 5.97 Å². The largest absolute Gasteiger partial charge is 0.462 e. The summed E-state index contributed by atoms with van der Waals surface area (Å²) in [6, 6.07) is 20.6. The molecule has 3 aliphatic heterocycles. The second kappa shape index (κ2) is 8.94. The first-order chi connectivity index (χ1) is 19.8. The van der Waals surface area contributed by atoms with E-state index >= 15 is 0 Å². The summed E-state index contributed by atoms with van der Waals surface area (Å²) < 4.78 is 6.67. The number of imide groups is 1. The van der Waals surface area contributed by atoms with Crippen LogP contribution in [0.2, 0.25) is 0 Å². The fourth-order valence-electron chi connectivity index (χ4n) is 6.94. The number of nitrogens with zero attached hydrogens (tertiary/aromatic N) is 3. The molecular formula is C32H28N4O5. The maximum Gasteiger partial charge on any atom is 0.338 e. The van der Waals surface area contributed by atoms with E-state index in [-0.39, 0.29) is 35.9 Å². The third-order valence-electron chi connectivity index (χ3n) is 8.65. The highest BCUT2D eigenvalue weighted by atomic mass is 16.5. The summed E-state index contributed by atoms with van der Waals surface area (Å²) in [5, 5.41) is 4.17. The summed E-state index contributed by atoms with van der Waals surface area (Å²) in [6.07, 6.45) is 0. The zero-order chi connectivity index (χ0) is 28.6. The van der Waals surface area contributed by atoms with Crippen LogP contribution < -0.4 is 15.8 Å². The van der Waals surface area contributed by atoms with Crippen molar-refractivity contribution in [1.82, 2.24) is 14.9 Å². The Hall–Kier alpha value is -4.63. The zero-order valence-electron chi connectivity index (χ0n) is 22.8. The van der Waals surface area contributed by atoms with Crippen molar-refractivity contribution in [2.45, 2.75) is 32.4 Å². The van der Waals surface area contributed by atoms with Gasteiger partial charge in [0, 0.05) is 11.6 Å². The Bertz CT molecular complexity index is 1830. The number of nitrogens with one attached hydrogen (secondary N) is 1. The van der Waals surface area contributed by atoms with Crippen LogP contribution >= 0.6 is 0 Å². The van der Waals surface area contributed by atoms with Gasteiger partial charge in [-0.1, -0.05) is 44.2 Å². The van der Waals surface area contributed by atoms with E-state index in [1.54, 1.807) is 54.0 Å². The second-order valence-electron chi connectivity index (χ2n) is 11.1. The van der Waals surface area contributed by atoms with Crippen LogP contribution in [0.4, 0.5) is 5.69 Å². The van der Waals surface area contributed by atoms with Crippen molar-refractivity contribution >= 4 is 34.4 Å². The van der Waals surface area contributed by atoms with E-state index in [9.17, 15) is 19.2 Å². The van der Waals surface area contributed by atoms with Gasteiger partial charge in [-0.05, 0) is 55.3 Å². The molecule has 9 nitrogen and oxygen atoms in total. The Labute approximate surface area is 235 Å². The molecule has 0 unspecified atom stereocenters. The van der Waals surface area contributed by atoms with Gasteiger partial charge in [-0.25, -0.2) is 14.7 Å². The van der Waals surface area contributed by atoms with Crippen LogP contribution in [0.3, 0.4) is 0 Å². The SMILES string of the molecule is CCOC(=O)c1ccc(N2C(=O)[C@H]3[C@@H](C(C)C)N[C@@]4(c5ccccc5-n5c4nc4ccccc4c5=O)[C@H]3C2=O)cc1. The third kappa shape index (κ3) is 3.29. The Morgan fingerprint density at radius 2 is 1.68 bits per heavy atom. The van der Waals surface area contributed by atoms with Crippen molar-refractivity contribution in [3.63, 3.8) is 0 Å². The second-order valence-corrected chi connectivity index (χ2v) is 11.1. The lowest BCUT2D eigenvalue weighted by atomic mass is 9.75. The van der Waals surface area contributed by atoms with Crippen LogP contribution in [-0.4, -0.2) is 40.0 Å². The van der Waals surface area contributed by atoms with Crippen LogP contribution in [0.1, 0.15) is 42.5 Å². The summed E-state index contributed by atoms with van der Waals surface area (Å²) in [5.74, 6) is -2.26. The standard InChI is InChI=1S/C32H28N4O5/c1-4-41-30(40)18-13-15-19(16-14-18)35-28(38)24-25(29(35)39)32(34-26(24)17(2)3)21-10-6-8-12-23(21)36-27(37)20-9-5-7-11-22(20)33-31(32)36/h5-17,24-26,34H,4H2,1-3H3/t24-,25-,26-,32+/m1/s1. The smallest absolute Gasteiger partial charge is 0.338 e. The van der Waals surface area contributed by atoms with Crippen LogP contribution in [0.25, 0.3) is 16.6 Å². The molecule has 2 amide bonds. The molecule has 4 heterocycles. The molecule has 1 aromatic heterocycles. The molecule has 9 heteroatoms. The molecule has 3 aromatic carbocycles. The molecule has 4 atom stereocenters. The van der Waals surface area contributed by atoms with E-state index in [4.69, 9.17) is 9.72 Å². The predicted octanol–water partition coefficient (Wildman–Crippen LogP) is 3.55. The number of carbonyl (C=O) groups is 3. The van der Waals surface area contributed by atoms with Gasteiger partial charge in [-0.2, -0.15) is 0 Å². The molecule has 4 aromatic rings. The molecule has 2 saturated heterocycles. The number of hydrogen-bond acceptors (Lipinski definition) is 7. The topological polar surface area (TPSA) is 111 Å². The average molecular weight is 549 g/mol. The Balaban J connectivity index is 1.43. The molecule has 41 heavy (non-hydrogen) atoms. The van der Waals surface area contributed by atoms with E-state index < -0.39 is 23.3 Å². The normalized spacial score (nSPS) is 24.3. The molecule has 0 radical (unpaired) electrons. The van der Waals surface area contributed by atoms with Gasteiger partial charge in [0.15, 0.2) is 0 Å². The highest BCUT2D eigenvalue weighted by Crippen LogP contribution is 2.56. The number of amides is 2. The highest BCUT2D eigenvalue weighted by Gasteiger charge is 2.70. The molecule has 1 N–H and O–H groups in total. The number of fused-ring (bicyclic) bond motifs is 8. The Morgan fingerprint density at radius 3 is 2.41 bits per heavy atom. The predicted molar refractivity (Wildman–Crippen MR) is 152 cm³/mol. The van der Waals surface area contributed by atoms with Crippen molar-refractivity contribution in [2.24, 2.45) is 17.8 Å². The van der Waals surface area contributed by atoms with Crippen molar-refractivity contribution in [3.05, 3.63) is 100 Å². The Morgan fingerprint density at radius 1 is 0.976 bits per heavy atom. The first-order valence-corrected chi connectivity index (χ1v) is 13.8. The van der Waals surface area contributed by atoms with E-state index in [1.165, 1.54) is 4.90 Å². The van der Waals surface area contributed by atoms with E-state index in [0.29, 0.717) is 33.7 Å². The van der Waals surface area contributed by atoms with Gasteiger partial charge in [0.2, 0.25) is 11.8 Å². The number of para-hydroxylation sites is 2. The molecule has 0 saturated carbocycles. The van der Waals surface area contributed by atoms with E-state index in [2.05, 4.69) is 5.32 Å². The van der Waals surface area contributed by atoms with Gasteiger partial charge in [0.1, 0.15) is 11.4 Å². The molecule has 2 fully saturated rings. The lowest BCUT2D eigenvalue weighted by molar-refractivity contribution is -0.123. The van der Waals surface area contributed by atoms with E-state index in [1.807, 2.05) is 44.2 Å². The van der Waals surface area contributed by atoms with Crippen LogP contribution in [-0.2, 0) is 19.9 Å². The van der Waals surface area contributed by atoms with Gasteiger partial charge in [0.05, 0.1) is 46.3 Å². The summed E-state index contributed by atoms with van der Waals surface area (Å²) in [6.45, 7) is 6.01. The number of hydrogen-bond donors (Lipinski definition) is 1. The summed E-state index contributed by atoms with van der Waals surface area (Å²) >= 11 is 0. The first kappa shape index (κ1) is 25.3. The minimum absolute atomic E-state index is 0.00171. The van der Waals surface area contributed by atoms with Crippen LogP contribution in [0, 0.1) is 17.8 Å². The van der Waals surface area contributed by atoms with E-state index in [0.717, 1.165) is 5.56 Å². The number of aromatic nitrogens is 2. The molecular weight excluding hydrogens is 520 g/mol. The maximum absolute atomic E-state index is 14.5. The third-order valence-corrected chi connectivity index (χ3v) is 8.65. The van der Waals surface area contributed by atoms with Crippen molar-refractivity contribution in [1.29, 1.82) is 0 Å². The Kier molecular flexibility index (Phi) is 5.53. The maximum atomic E-state index is 14.5. The summed E-state index contributed by atoms with van der Waals surface area (Å²) in [4.78, 5) is 60.9.